The molecule has 2 heterocycles. The van der Waals surface area contributed by atoms with E-state index in [1.807, 2.05) is 18.2 Å². The van der Waals surface area contributed by atoms with Crippen molar-refractivity contribution in [3.05, 3.63) is 63.7 Å². The third-order valence-corrected chi connectivity index (χ3v) is 5.39. The number of hydrogen-bond donors (Lipinski definition) is 1. The van der Waals surface area contributed by atoms with E-state index in [9.17, 15) is 19.7 Å². The second-order valence-corrected chi connectivity index (χ2v) is 7.66. The normalized spacial score (nSPS) is 16.2. The van der Waals surface area contributed by atoms with Gasteiger partial charge >= 0.3 is 0 Å². The number of benzene rings is 2. The van der Waals surface area contributed by atoms with Crippen LogP contribution < -0.4 is 15.0 Å². The van der Waals surface area contributed by atoms with Crippen LogP contribution in [0.15, 0.2) is 42.5 Å². The molecule has 168 valence electrons. The summed E-state index contributed by atoms with van der Waals surface area (Å²) >= 11 is 0. The quantitative estimate of drug-likeness (QED) is 0.512. The van der Waals surface area contributed by atoms with Crippen LogP contribution in [0.3, 0.4) is 0 Å². The molecule has 4 rings (SSSR count). The fourth-order valence-electron chi connectivity index (χ4n) is 3.73. The second-order valence-electron chi connectivity index (χ2n) is 7.66. The van der Waals surface area contributed by atoms with Crippen LogP contribution in [0.25, 0.3) is 0 Å². The lowest BCUT2D eigenvalue weighted by Crippen LogP contribution is -2.45. The monoisotopic (exact) mass is 440 g/mol. The Morgan fingerprint density at radius 3 is 2.69 bits per heavy atom. The maximum absolute atomic E-state index is 12.6. The van der Waals surface area contributed by atoms with E-state index in [0.29, 0.717) is 12.3 Å². The molecule has 1 N–H and O–H groups in total. The summed E-state index contributed by atoms with van der Waals surface area (Å²) in [7, 11) is 0. The number of nitrogens with one attached hydrogen (secondary N) is 1. The molecule has 0 saturated carbocycles. The van der Waals surface area contributed by atoms with Crippen LogP contribution in [-0.2, 0) is 27.4 Å². The number of fused-ring (bicyclic) bond motifs is 1. The third kappa shape index (κ3) is 5.21. The maximum Gasteiger partial charge on any atom is 0.271 e. The Hall–Kier alpha value is -3.50. The number of carbonyl (C=O) groups is 2. The van der Waals surface area contributed by atoms with Crippen LogP contribution in [0.2, 0.25) is 0 Å². The zero-order chi connectivity index (χ0) is 22.5. The number of carbonyl (C=O) groups excluding carboxylic acids is 2. The number of morpholine rings is 1. The predicted molar refractivity (Wildman–Crippen MR) is 115 cm³/mol. The fraction of sp³-hybridized carbons (Fsp3) is 0.364. The van der Waals surface area contributed by atoms with Gasteiger partial charge in [0, 0.05) is 38.3 Å². The molecule has 0 atom stereocenters. The van der Waals surface area contributed by atoms with Gasteiger partial charge in [0.05, 0.1) is 23.8 Å². The SMILES string of the molecule is O=C(CN1C(=O)COc2ccc([N+](=O)[O-])cc21)NCc1cccc(CN2CCOCC2)c1. The van der Waals surface area contributed by atoms with E-state index in [4.69, 9.17) is 9.47 Å². The van der Waals surface area contributed by atoms with Crippen molar-refractivity contribution >= 4 is 23.2 Å². The van der Waals surface area contributed by atoms with Crippen molar-refractivity contribution in [2.75, 3.05) is 44.4 Å². The van der Waals surface area contributed by atoms with Gasteiger partial charge in [0.2, 0.25) is 5.91 Å². The van der Waals surface area contributed by atoms with Gasteiger partial charge in [-0.2, -0.15) is 0 Å². The number of nitro benzene ring substituents is 1. The van der Waals surface area contributed by atoms with E-state index in [0.717, 1.165) is 44.0 Å². The minimum Gasteiger partial charge on any atom is -0.482 e. The molecule has 10 nitrogen and oxygen atoms in total. The highest BCUT2D eigenvalue weighted by Gasteiger charge is 2.29. The van der Waals surface area contributed by atoms with Crippen molar-refractivity contribution in [3.8, 4) is 5.75 Å². The molecular weight excluding hydrogens is 416 g/mol. The topological polar surface area (TPSA) is 114 Å². The van der Waals surface area contributed by atoms with Crippen LogP contribution >= 0.6 is 0 Å². The number of anilines is 1. The first-order chi connectivity index (χ1) is 15.5. The summed E-state index contributed by atoms with van der Waals surface area (Å²) in [5.74, 6) is -0.462. The maximum atomic E-state index is 12.6. The average molecular weight is 440 g/mol. The summed E-state index contributed by atoms with van der Waals surface area (Å²) in [6.45, 7) is 3.94. The van der Waals surface area contributed by atoms with Gasteiger partial charge in [-0.3, -0.25) is 29.5 Å². The highest BCUT2D eigenvalue weighted by molar-refractivity contribution is 6.02. The molecule has 2 aromatic rings. The van der Waals surface area contributed by atoms with E-state index >= 15 is 0 Å². The summed E-state index contributed by atoms with van der Waals surface area (Å²) < 4.78 is 10.7. The third-order valence-electron chi connectivity index (χ3n) is 5.39. The van der Waals surface area contributed by atoms with Gasteiger partial charge in [-0.25, -0.2) is 0 Å². The van der Waals surface area contributed by atoms with Crippen molar-refractivity contribution in [2.45, 2.75) is 13.1 Å². The number of non-ortho nitro benzene ring substituents is 1. The Balaban J connectivity index is 1.37. The van der Waals surface area contributed by atoms with Crippen LogP contribution in [0.4, 0.5) is 11.4 Å². The second kappa shape index (κ2) is 9.75. The van der Waals surface area contributed by atoms with E-state index < -0.39 is 10.8 Å². The summed E-state index contributed by atoms with van der Waals surface area (Å²) in [6, 6.07) is 12.0. The van der Waals surface area contributed by atoms with Crippen molar-refractivity contribution < 1.29 is 24.0 Å². The summed E-state index contributed by atoms with van der Waals surface area (Å²) in [5, 5.41) is 13.9. The minimum atomic E-state index is -0.554. The average Bonchev–Trinajstić information content (AvgIpc) is 2.80. The van der Waals surface area contributed by atoms with Gasteiger partial charge in [-0.15, -0.1) is 0 Å². The van der Waals surface area contributed by atoms with Crippen molar-refractivity contribution in [1.82, 2.24) is 10.2 Å². The summed E-state index contributed by atoms with van der Waals surface area (Å²) in [5.41, 5.74) is 2.15. The van der Waals surface area contributed by atoms with E-state index in [1.165, 1.54) is 23.1 Å². The molecule has 32 heavy (non-hydrogen) atoms. The summed E-state index contributed by atoms with van der Waals surface area (Å²) in [4.78, 5) is 38.9. The molecule has 2 aliphatic rings. The standard InChI is InChI=1S/C22H24N4O6/c27-21(14-25-19-11-18(26(29)30)4-5-20(19)32-15-22(25)28)23-12-16-2-1-3-17(10-16)13-24-6-8-31-9-7-24/h1-5,10-11H,6-9,12-15H2,(H,23,27). The van der Waals surface area contributed by atoms with Crippen LogP contribution in [0.5, 0.6) is 5.75 Å². The van der Waals surface area contributed by atoms with E-state index in [1.54, 1.807) is 0 Å². The van der Waals surface area contributed by atoms with Crippen LogP contribution in [0.1, 0.15) is 11.1 Å². The first-order valence-corrected chi connectivity index (χ1v) is 10.4. The van der Waals surface area contributed by atoms with Gasteiger partial charge in [-0.05, 0) is 17.2 Å². The molecule has 10 heteroatoms. The van der Waals surface area contributed by atoms with Crippen molar-refractivity contribution in [1.29, 1.82) is 0 Å². The molecule has 2 aliphatic heterocycles. The first kappa shape index (κ1) is 21.7. The van der Waals surface area contributed by atoms with Crippen LogP contribution in [-0.4, -0.2) is 61.1 Å². The Morgan fingerprint density at radius 1 is 1.12 bits per heavy atom. The van der Waals surface area contributed by atoms with Crippen LogP contribution in [0, 0.1) is 10.1 Å². The van der Waals surface area contributed by atoms with Crippen molar-refractivity contribution in [2.24, 2.45) is 0 Å². The molecule has 0 bridgehead atoms. The zero-order valence-corrected chi connectivity index (χ0v) is 17.5. The molecule has 0 aliphatic carbocycles. The molecular formula is C22H24N4O6. The lowest BCUT2D eigenvalue weighted by molar-refractivity contribution is -0.384. The number of hydrogen-bond acceptors (Lipinski definition) is 7. The highest BCUT2D eigenvalue weighted by Crippen LogP contribution is 2.35. The van der Waals surface area contributed by atoms with E-state index in [-0.39, 0.29) is 30.4 Å². The number of nitro groups is 1. The number of amides is 2. The lowest BCUT2D eigenvalue weighted by atomic mass is 10.1. The predicted octanol–water partition coefficient (Wildman–Crippen LogP) is 1.47. The number of rotatable bonds is 7. The van der Waals surface area contributed by atoms with Gasteiger partial charge in [0.1, 0.15) is 12.3 Å². The molecule has 0 aromatic heterocycles. The molecule has 2 aromatic carbocycles. The molecule has 0 radical (unpaired) electrons. The van der Waals surface area contributed by atoms with Gasteiger partial charge in [-0.1, -0.05) is 24.3 Å². The smallest absolute Gasteiger partial charge is 0.271 e. The molecule has 0 unspecified atom stereocenters. The number of nitrogens with zero attached hydrogens (tertiary/aromatic N) is 3. The Kier molecular flexibility index (Phi) is 6.62. The van der Waals surface area contributed by atoms with Gasteiger partial charge < -0.3 is 14.8 Å². The fourth-order valence-corrected chi connectivity index (χ4v) is 3.73. The summed E-state index contributed by atoms with van der Waals surface area (Å²) in [6.07, 6.45) is 0. The molecule has 0 spiro atoms. The lowest BCUT2D eigenvalue weighted by Gasteiger charge is -2.28. The molecule has 1 fully saturated rings. The zero-order valence-electron chi connectivity index (χ0n) is 17.5. The van der Waals surface area contributed by atoms with Crippen molar-refractivity contribution in [3.63, 3.8) is 0 Å². The largest absolute Gasteiger partial charge is 0.482 e. The Labute approximate surface area is 184 Å². The van der Waals surface area contributed by atoms with Gasteiger partial charge in [0.25, 0.3) is 11.6 Å². The van der Waals surface area contributed by atoms with Gasteiger partial charge in [0.15, 0.2) is 6.61 Å². The molecule has 1 saturated heterocycles. The Bertz CT molecular complexity index is 1020. The Morgan fingerprint density at radius 2 is 1.91 bits per heavy atom. The molecule has 2 amide bonds. The number of ether oxygens (including phenoxy) is 2. The minimum absolute atomic E-state index is 0.176. The highest BCUT2D eigenvalue weighted by atomic mass is 16.6. The van der Waals surface area contributed by atoms with E-state index in [2.05, 4.69) is 16.3 Å². The first-order valence-electron chi connectivity index (χ1n) is 10.4.